The van der Waals surface area contributed by atoms with Gasteiger partial charge in [-0.2, -0.15) is 5.26 Å². The Balaban J connectivity index is 1.81. The summed E-state index contributed by atoms with van der Waals surface area (Å²) in [6.45, 7) is 1.72. The maximum atomic E-state index is 12.4. The predicted octanol–water partition coefficient (Wildman–Crippen LogP) is 4.32. The van der Waals surface area contributed by atoms with Gasteiger partial charge in [-0.3, -0.25) is 9.59 Å². The number of hydrogen-bond acceptors (Lipinski definition) is 6. The van der Waals surface area contributed by atoms with E-state index in [0.717, 1.165) is 37.4 Å². The fourth-order valence-electron chi connectivity index (χ4n) is 3.12. The van der Waals surface area contributed by atoms with Crippen molar-refractivity contribution in [1.29, 1.82) is 5.26 Å². The highest BCUT2D eigenvalue weighted by molar-refractivity contribution is 8.00. The molecule has 0 spiro atoms. The van der Waals surface area contributed by atoms with E-state index in [1.165, 1.54) is 6.42 Å². The first-order valence-electron chi connectivity index (χ1n) is 9.15. The van der Waals surface area contributed by atoms with E-state index >= 15 is 0 Å². The van der Waals surface area contributed by atoms with Crippen LogP contribution in [0.15, 0.2) is 34.2 Å². The first-order valence-corrected chi connectivity index (χ1v) is 10.4. The molecular formula is C20H20ClN3O3S. The molecule has 0 amide bonds. The summed E-state index contributed by atoms with van der Waals surface area (Å²) < 4.78 is 5.58. The van der Waals surface area contributed by atoms with Crippen molar-refractivity contribution in [3.63, 3.8) is 0 Å². The number of halogens is 1. The van der Waals surface area contributed by atoms with Crippen LogP contribution in [-0.4, -0.2) is 27.3 Å². The van der Waals surface area contributed by atoms with Crippen LogP contribution in [0.25, 0.3) is 11.3 Å². The Morgan fingerprint density at radius 2 is 2.14 bits per heavy atom. The molecular weight excluding hydrogens is 398 g/mol. The molecule has 1 atom stereocenters. The zero-order valence-electron chi connectivity index (χ0n) is 15.4. The molecule has 1 aromatic carbocycles. The molecule has 28 heavy (non-hydrogen) atoms. The number of ether oxygens (including phenoxy) is 1. The number of H-pyrrole nitrogens is 1. The lowest BCUT2D eigenvalue weighted by atomic mass is 9.98. The van der Waals surface area contributed by atoms with E-state index in [2.05, 4.69) is 9.97 Å². The third kappa shape index (κ3) is 4.94. The van der Waals surface area contributed by atoms with Gasteiger partial charge in [0.1, 0.15) is 23.0 Å². The molecule has 1 aliphatic carbocycles. The normalized spacial score (nSPS) is 15.6. The number of aromatic nitrogens is 2. The van der Waals surface area contributed by atoms with E-state index in [0.29, 0.717) is 10.6 Å². The van der Waals surface area contributed by atoms with E-state index in [1.54, 1.807) is 31.2 Å². The molecule has 0 saturated heterocycles. The minimum Gasteiger partial charge on any atom is -0.462 e. The summed E-state index contributed by atoms with van der Waals surface area (Å²) in [5.74, 6) is -0.326. The number of carbonyl (C=O) groups is 1. The van der Waals surface area contributed by atoms with E-state index in [4.69, 9.17) is 16.3 Å². The van der Waals surface area contributed by atoms with Gasteiger partial charge in [-0.15, -0.1) is 0 Å². The highest BCUT2D eigenvalue weighted by atomic mass is 35.5. The van der Waals surface area contributed by atoms with Crippen LogP contribution in [0.5, 0.6) is 0 Å². The first kappa shape index (κ1) is 20.4. The standard InChI is InChI=1S/C20H20ClN3O3S/c1-12(19(26)27-15-8-3-2-4-9-15)28-20-23-17(16(11-22)18(25)24-20)13-6-5-7-14(21)10-13/h5-7,10,12,15H,2-4,8-9H2,1H3,(H,23,24,25). The van der Waals surface area contributed by atoms with Gasteiger partial charge in [0.2, 0.25) is 0 Å². The topological polar surface area (TPSA) is 95.8 Å². The lowest BCUT2D eigenvalue weighted by Gasteiger charge is -2.23. The number of benzene rings is 1. The van der Waals surface area contributed by atoms with Crippen LogP contribution in [0.2, 0.25) is 5.02 Å². The second-order valence-corrected chi connectivity index (χ2v) is 8.44. The number of hydrogen-bond donors (Lipinski definition) is 1. The van der Waals surface area contributed by atoms with Gasteiger partial charge >= 0.3 is 5.97 Å². The van der Waals surface area contributed by atoms with Crippen molar-refractivity contribution in [3.05, 3.63) is 45.2 Å². The molecule has 8 heteroatoms. The summed E-state index contributed by atoms with van der Waals surface area (Å²) in [4.78, 5) is 31.7. The van der Waals surface area contributed by atoms with Gasteiger partial charge in [0.05, 0.1) is 5.69 Å². The quantitative estimate of drug-likeness (QED) is 0.442. The Kier molecular flexibility index (Phi) is 6.76. The van der Waals surface area contributed by atoms with Crippen molar-refractivity contribution in [1.82, 2.24) is 9.97 Å². The predicted molar refractivity (Wildman–Crippen MR) is 108 cm³/mol. The molecule has 1 aromatic heterocycles. The van der Waals surface area contributed by atoms with Crippen LogP contribution in [0.3, 0.4) is 0 Å². The molecule has 3 rings (SSSR count). The summed E-state index contributed by atoms with van der Waals surface area (Å²) in [6.07, 6.45) is 5.10. The van der Waals surface area contributed by atoms with Gasteiger partial charge in [-0.05, 0) is 44.7 Å². The SMILES string of the molecule is CC(Sc1nc(-c2cccc(Cl)c2)c(C#N)c(=O)[nH]1)C(=O)OC1CCCCC1. The van der Waals surface area contributed by atoms with Crippen LogP contribution in [0, 0.1) is 11.3 Å². The number of nitrogens with zero attached hydrogens (tertiary/aromatic N) is 2. The Hall–Kier alpha value is -2.30. The molecule has 0 aliphatic heterocycles. The van der Waals surface area contributed by atoms with E-state index < -0.39 is 10.8 Å². The fourth-order valence-corrected chi connectivity index (χ4v) is 4.09. The first-order chi connectivity index (χ1) is 13.5. The molecule has 1 N–H and O–H groups in total. The molecule has 1 heterocycles. The number of thioether (sulfide) groups is 1. The summed E-state index contributed by atoms with van der Waals surface area (Å²) in [5, 5.41) is 9.54. The zero-order valence-corrected chi connectivity index (χ0v) is 17.0. The van der Waals surface area contributed by atoms with Crippen LogP contribution in [0.4, 0.5) is 0 Å². The molecule has 0 bridgehead atoms. The Morgan fingerprint density at radius 3 is 2.82 bits per heavy atom. The number of carbonyl (C=O) groups excluding carboxylic acids is 1. The van der Waals surface area contributed by atoms with Gasteiger partial charge in [0.25, 0.3) is 5.56 Å². The second-order valence-electron chi connectivity index (χ2n) is 6.67. The summed E-state index contributed by atoms with van der Waals surface area (Å²) in [5.41, 5.74) is 0.158. The Bertz CT molecular complexity index is 964. The third-order valence-electron chi connectivity index (χ3n) is 4.56. The van der Waals surface area contributed by atoms with Gasteiger partial charge in [-0.25, -0.2) is 4.98 Å². The van der Waals surface area contributed by atoms with Crippen LogP contribution in [0.1, 0.15) is 44.6 Å². The fraction of sp³-hybridized carbons (Fsp3) is 0.400. The molecule has 1 unspecified atom stereocenters. The number of aromatic amines is 1. The largest absolute Gasteiger partial charge is 0.462 e. The minimum atomic E-state index is -0.553. The van der Waals surface area contributed by atoms with Gasteiger partial charge in [0.15, 0.2) is 5.16 Å². The van der Waals surface area contributed by atoms with Gasteiger partial charge in [0, 0.05) is 10.6 Å². The number of nitriles is 1. The number of rotatable bonds is 5. The van der Waals surface area contributed by atoms with Crippen molar-refractivity contribution < 1.29 is 9.53 Å². The van der Waals surface area contributed by atoms with E-state index in [-0.39, 0.29) is 28.5 Å². The average Bonchev–Trinajstić information content (AvgIpc) is 2.68. The molecule has 146 valence electrons. The van der Waals surface area contributed by atoms with E-state index in [9.17, 15) is 14.9 Å². The van der Waals surface area contributed by atoms with Crippen molar-refractivity contribution in [2.45, 2.75) is 55.5 Å². The van der Waals surface area contributed by atoms with Gasteiger partial charge < -0.3 is 9.72 Å². The maximum absolute atomic E-state index is 12.4. The Labute approximate surface area is 172 Å². The molecule has 6 nitrogen and oxygen atoms in total. The van der Waals surface area contributed by atoms with E-state index in [1.807, 2.05) is 6.07 Å². The van der Waals surface area contributed by atoms with Gasteiger partial charge in [-0.1, -0.05) is 41.9 Å². The summed E-state index contributed by atoms with van der Waals surface area (Å²) >= 11 is 7.13. The molecule has 1 aliphatic rings. The average molecular weight is 418 g/mol. The van der Waals surface area contributed by atoms with Crippen molar-refractivity contribution >= 4 is 29.3 Å². The molecule has 1 saturated carbocycles. The van der Waals surface area contributed by atoms with Crippen LogP contribution < -0.4 is 5.56 Å². The van der Waals surface area contributed by atoms with Crippen molar-refractivity contribution in [3.8, 4) is 17.3 Å². The smallest absolute Gasteiger partial charge is 0.319 e. The lowest BCUT2D eigenvalue weighted by Crippen LogP contribution is -2.26. The summed E-state index contributed by atoms with van der Waals surface area (Å²) in [6, 6.07) is 8.67. The highest BCUT2D eigenvalue weighted by Gasteiger charge is 2.24. The number of nitrogens with one attached hydrogen (secondary N) is 1. The lowest BCUT2D eigenvalue weighted by molar-refractivity contribution is -0.149. The second kappa shape index (κ2) is 9.26. The zero-order chi connectivity index (χ0) is 20.1. The van der Waals surface area contributed by atoms with Crippen LogP contribution in [-0.2, 0) is 9.53 Å². The minimum absolute atomic E-state index is 0.0284. The number of esters is 1. The van der Waals surface area contributed by atoms with Crippen LogP contribution >= 0.6 is 23.4 Å². The van der Waals surface area contributed by atoms with Crippen molar-refractivity contribution in [2.75, 3.05) is 0 Å². The van der Waals surface area contributed by atoms with Crippen molar-refractivity contribution in [2.24, 2.45) is 0 Å². The molecule has 0 radical (unpaired) electrons. The molecule has 2 aromatic rings. The maximum Gasteiger partial charge on any atom is 0.319 e. The monoisotopic (exact) mass is 417 g/mol. The third-order valence-corrected chi connectivity index (χ3v) is 5.76. The summed E-state index contributed by atoms with van der Waals surface area (Å²) in [7, 11) is 0. The molecule has 1 fully saturated rings. The highest BCUT2D eigenvalue weighted by Crippen LogP contribution is 2.27. The Morgan fingerprint density at radius 1 is 1.39 bits per heavy atom.